The van der Waals surface area contributed by atoms with Gasteiger partial charge in [0.25, 0.3) is 0 Å². The minimum absolute atomic E-state index is 0.0204. The molecule has 1 aliphatic rings. The Morgan fingerprint density at radius 2 is 2.15 bits per heavy atom. The molecule has 5 nitrogen and oxygen atoms in total. The molecular weight excluding hydrogens is 256 g/mol. The van der Waals surface area contributed by atoms with Gasteiger partial charge in [-0.15, -0.1) is 0 Å². The molecule has 2 amide bonds. The Labute approximate surface area is 118 Å². The maximum Gasteiger partial charge on any atom is 0.249 e. The van der Waals surface area contributed by atoms with Crippen molar-refractivity contribution in [2.75, 3.05) is 25.2 Å². The van der Waals surface area contributed by atoms with Crippen molar-refractivity contribution in [1.82, 2.24) is 5.32 Å². The molecule has 0 spiro atoms. The maximum absolute atomic E-state index is 12.3. The first-order valence-electron chi connectivity index (χ1n) is 6.70. The number of hydrogen-bond donors (Lipinski definition) is 1. The van der Waals surface area contributed by atoms with Gasteiger partial charge < -0.3 is 15.0 Å². The number of methoxy groups -OCH3 is 1. The van der Waals surface area contributed by atoms with Crippen molar-refractivity contribution in [3.05, 3.63) is 29.3 Å². The molecule has 0 saturated carbocycles. The fourth-order valence-electron chi connectivity index (χ4n) is 2.33. The molecule has 1 aliphatic heterocycles. The number of carbonyl (C=O) groups is 2. The number of anilines is 1. The van der Waals surface area contributed by atoms with Crippen LogP contribution in [0.2, 0.25) is 0 Å². The van der Waals surface area contributed by atoms with Crippen molar-refractivity contribution in [1.29, 1.82) is 0 Å². The van der Waals surface area contributed by atoms with Gasteiger partial charge in [0.2, 0.25) is 11.8 Å². The monoisotopic (exact) mass is 276 g/mol. The first kappa shape index (κ1) is 14.5. The summed E-state index contributed by atoms with van der Waals surface area (Å²) in [6.45, 7) is 4.67. The van der Waals surface area contributed by atoms with Crippen LogP contribution >= 0.6 is 0 Å². The number of ether oxygens (including phenoxy) is 1. The van der Waals surface area contributed by atoms with E-state index in [0.717, 1.165) is 11.3 Å². The van der Waals surface area contributed by atoms with E-state index >= 15 is 0 Å². The van der Waals surface area contributed by atoms with E-state index in [1.54, 1.807) is 4.90 Å². The molecule has 2 rings (SSSR count). The molecule has 5 heteroatoms. The highest BCUT2D eigenvalue weighted by Crippen LogP contribution is 2.24. The molecule has 0 aliphatic carbocycles. The van der Waals surface area contributed by atoms with Gasteiger partial charge in [0.05, 0.1) is 0 Å². The number of amides is 2. The van der Waals surface area contributed by atoms with Crippen molar-refractivity contribution >= 4 is 17.5 Å². The molecule has 1 aromatic carbocycles. The number of hydrogen-bond acceptors (Lipinski definition) is 3. The summed E-state index contributed by atoms with van der Waals surface area (Å²) >= 11 is 0. The van der Waals surface area contributed by atoms with Gasteiger partial charge in [0.1, 0.15) is 12.6 Å². The second-order valence-corrected chi connectivity index (χ2v) is 5.10. The topological polar surface area (TPSA) is 58.6 Å². The zero-order valence-corrected chi connectivity index (χ0v) is 12.1. The Bertz CT molecular complexity index is 528. The Hall–Kier alpha value is -1.88. The largest absolute Gasteiger partial charge is 0.375 e. The zero-order valence-electron chi connectivity index (χ0n) is 12.1. The summed E-state index contributed by atoms with van der Waals surface area (Å²) in [5, 5.41) is 2.70. The van der Waals surface area contributed by atoms with Crippen molar-refractivity contribution in [3.8, 4) is 0 Å². The lowest BCUT2D eigenvalue weighted by Crippen LogP contribution is -2.42. The SMILES string of the molecule is COCC(=O)N[C@H]1CCN(c2ccc(C)c(C)c2)C1=O. The molecular formula is C15H20N2O3. The summed E-state index contributed by atoms with van der Waals surface area (Å²) in [6, 6.07) is 5.51. The predicted octanol–water partition coefficient (Wildman–Crippen LogP) is 1.17. The molecule has 1 fully saturated rings. The summed E-state index contributed by atoms with van der Waals surface area (Å²) in [5.74, 6) is -0.314. The minimum Gasteiger partial charge on any atom is -0.375 e. The Morgan fingerprint density at radius 1 is 1.40 bits per heavy atom. The predicted molar refractivity (Wildman–Crippen MR) is 76.7 cm³/mol. The molecule has 1 saturated heterocycles. The molecule has 0 unspecified atom stereocenters. The summed E-state index contributed by atoms with van der Waals surface area (Å²) in [4.78, 5) is 25.5. The van der Waals surface area contributed by atoms with Gasteiger partial charge in [-0.2, -0.15) is 0 Å². The lowest BCUT2D eigenvalue weighted by Gasteiger charge is -2.18. The fourth-order valence-corrected chi connectivity index (χ4v) is 2.33. The molecule has 1 heterocycles. The fraction of sp³-hybridized carbons (Fsp3) is 0.467. The summed E-state index contributed by atoms with van der Waals surface area (Å²) in [5.41, 5.74) is 3.24. The third-order valence-corrected chi connectivity index (χ3v) is 3.62. The molecule has 108 valence electrons. The van der Waals surface area contributed by atoms with Gasteiger partial charge in [0, 0.05) is 19.3 Å². The molecule has 0 bridgehead atoms. The molecule has 1 aromatic rings. The average Bonchev–Trinajstić information content (AvgIpc) is 2.75. The molecule has 0 radical (unpaired) electrons. The van der Waals surface area contributed by atoms with Gasteiger partial charge in [0.15, 0.2) is 0 Å². The van der Waals surface area contributed by atoms with E-state index in [0.29, 0.717) is 13.0 Å². The van der Waals surface area contributed by atoms with Gasteiger partial charge in [-0.25, -0.2) is 0 Å². The van der Waals surface area contributed by atoms with Crippen LogP contribution < -0.4 is 10.2 Å². The number of carbonyl (C=O) groups excluding carboxylic acids is 2. The summed E-state index contributed by atoms with van der Waals surface area (Å²) in [6.07, 6.45) is 0.626. The molecule has 0 aromatic heterocycles. The van der Waals surface area contributed by atoms with E-state index < -0.39 is 6.04 Å². The maximum atomic E-state index is 12.3. The van der Waals surface area contributed by atoms with Crippen molar-refractivity contribution in [3.63, 3.8) is 0 Å². The van der Waals surface area contributed by atoms with Crippen LogP contribution in [0.15, 0.2) is 18.2 Å². The van der Waals surface area contributed by atoms with Crippen LogP contribution in [-0.4, -0.2) is 38.1 Å². The van der Waals surface area contributed by atoms with E-state index in [4.69, 9.17) is 4.74 Å². The van der Waals surface area contributed by atoms with E-state index in [9.17, 15) is 9.59 Å². The van der Waals surface area contributed by atoms with Crippen LogP contribution in [-0.2, 0) is 14.3 Å². The zero-order chi connectivity index (χ0) is 14.7. The lowest BCUT2D eigenvalue weighted by atomic mass is 10.1. The standard InChI is InChI=1S/C15H20N2O3/c1-10-4-5-12(8-11(10)2)17-7-6-13(15(17)19)16-14(18)9-20-3/h4-5,8,13H,6-7,9H2,1-3H3,(H,16,18)/t13-/m0/s1. The number of nitrogens with one attached hydrogen (secondary N) is 1. The lowest BCUT2D eigenvalue weighted by molar-refractivity contribution is -0.128. The summed E-state index contributed by atoms with van der Waals surface area (Å²) in [7, 11) is 1.46. The highest BCUT2D eigenvalue weighted by Gasteiger charge is 2.33. The van der Waals surface area contributed by atoms with Gasteiger partial charge in [-0.05, 0) is 43.5 Å². The smallest absolute Gasteiger partial charge is 0.249 e. The first-order valence-corrected chi connectivity index (χ1v) is 6.70. The van der Waals surface area contributed by atoms with Crippen LogP contribution in [0.4, 0.5) is 5.69 Å². The molecule has 20 heavy (non-hydrogen) atoms. The number of benzene rings is 1. The third-order valence-electron chi connectivity index (χ3n) is 3.62. The van der Waals surface area contributed by atoms with Crippen molar-refractivity contribution in [2.45, 2.75) is 26.3 Å². The Morgan fingerprint density at radius 3 is 2.80 bits per heavy atom. The van der Waals surface area contributed by atoms with Gasteiger partial charge in [-0.1, -0.05) is 6.07 Å². The second-order valence-electron chi connectivity index (χ2n) is 5.10. The Balaban J connectivity index is 2.07. The van der Waals surface area contributed by atoms with Crippen molar-refractivity contribution < 1.29 is 14.3 Å². The van der Waals surface area contributed by atoms with E-state index in [2.05, 4.69) is 5.32 Å². The van der Waals surface area contributed by atoms with Crippen LogP contribution in [0, 0.1) is 13.8 Å². The average molecular weight is 276 g/mol. The van der Waals surface area contributed by atoms with Crippen LogP contribution in [0.5, 0.6) is 0 Å². The first-order chi connectivity index (χ1) is 9.52. The quantitative estimate of drug-likeness (QED) is 0.898. The summed E-state index contributed by atoms with van der Waals surface area (Å²) < 4.78 is 4.75. The second kappa shape index (κ2) is 6.05. The minimum atomic E-state index is -0.445. The normalized spacial score (nSPS) is 18.4. The highest BCUT2D eigenvalue weighted by atomic mass is 16.5. The van der Waals surface area contributed by atoms with E-state index in [-0.39, 0.29) is 18.4 Å². The third kappa shape index (κ3) is 2.99. The van der Waals surface area contributed by atoms with Crippen LogP contribution in [0.1, 0.15) is 17.5 Å². The highest BCUT2D eigenvalue weighted by molar-refractivity contribution is 6.01. The van der Waals surface area contributed by atoms with Crippen LogP contribution in [0.25, 0.3) is 0 Å². The Kier molecular flexibility index (Phi) is 4.39. The van der Waals surface area contributed by atoms with Gasteiger partial charge >= 0.3 is 0 Å². The van der Waals surface area contributed by atoms with E-state index in [1.807, 2.05) is 32.0 Å². The van der Waals surface area contributed by atoms with Gasteiger partial charge in [-0.3, -0.25) is 9.59 Å². The van der Waals surface area contributed by atoms with Crippen LogP contribution in [0.3, 0.4) is 0 Å². The number of nitrogens with zero attached hydrogens (tertiary/aromatic N) is 1. The molecule has 1 atom stereocenters. The van der Waals surface area contributed by atoms with Crippen molar-refractivity contribution in [2.24, 2.45) is 0 Å². The number of rotatable bonds is 4. The van der Waals surface area contributed by atoms with E-state index in [1.165, 1.54) is 12.7 Å². The number of aryl methyl sites for hydroxylation is 2. The molecule has 1 N–H and O–H groups in total.